The first-order chi connectivity index (χ1) is 14.4. The van der Waals surface area contributed by atoms with E-state index in [2.05, 4.69) is 20.2 Å². The Kier molecular flexibility index (Phi) is 7.84. The van der Waals surface area contributed by atoms with Crippen molar-refractivity contribution in [2.24, 2.45) is 0 Å². The number of likely N-dealkylation sites (tertiary alicyclic amines) is 2. The number of aromatic nitrogens is 2. The lowest BCUT2D eigenvalue weighted by Gasteiger charge is -2.32. The summed E-state index contributed by atoms with van der Waals surface area (Å²) < 4.78 is 5.94. The molecule has 1 aromatic heterocycles. The van der Waals surface area contributed by atoms with Crippen LogP contribution in [0.3, 0.4) is 0 Å². The van der Waals surface area contributed by atoms with Crippen molar-refractivity contribution in [3.8, 4) is 5.88 Å². The van der Waals surface area contributed by atoms with Crippen LogP contribution in [0.1, 0.15) is 43.0 Å². The van der Waals surface area contributed by atoms with Crippen molar-refractivity contribution in [3.05, 3.63) is 17.6 Å². The van der Waals surface area contributed by atoms with Gasteiger partial charge in [0.25, 0.3) is 0 Å². The number of hydrogen-bond acceptors (Lipinski definition) is 6. The molecule has 0 unspecified atom stereocenters. The Morgan fingerprint density at radius 3 is 2.53 bits per heavy atom. The van der Waals surface area contributed by atoms with Crippen molar-refractivity contribution < 1.29 is 14.3 Å². The molecule has 0 aliphatic carbocycles. The number of carbonyl (C=O) groups excluding carboxylic acids is 2. The van der Waals surface area contributed by atoms with E-state index in [0.717, 1.165) is 50.9 Å². The van der Waals surface area contributed by atoms with Crippen LogP contribution in [0.25, 0.3) is 0 Å². The molecule has 0 spiro atoms. The molecule has 166 valence electrons. The first-order valence-corrected chi connectivity index (χ1v) is 10.9. The van der Waals surface area contributed by atoms with Crippen molar-refractivity contribution in [3.63, 3.8) is 0 Å². The third kappa shape index (κ3) is 6.04. The molecule has 1 N–H and O–H groups in total. The van der Waals surface area contributed by atoms with Crippen LogP contribution in [0.2, 0.25) is 0 Å². The van der Waals surface area contributed by atoms with E-state index in [0.29, 0.717) is 31.4 Å². The highest BCUT2D eigenvalue weighted by atomic mass is 16.5. The summed E-state index contributed by atoms with van der Waals surface area (Å²) in [7, 11) is 4.02. The molecular weight excluding hydrogens is 384 g/mol. The van der Waals surface area contributed by atoms with Gasteiger partial charge < -0.3 is 24.8 Å². The van der Waals surface area contributed by atoms with Crippen LogP contribution in [0.4, 0.5) is 4.79 Å². The summed E-state index contributed by atoms with van der Waals surface area (Å²) in [5.41, 5.74) is 1.02. The predicted octanol–water partition coefficient (Wildman–Crippen LogP) is 1.24. The average Bonchev–Trinajstić information content (AvgIpc) is 3.27. The quantitative estimate of drug-likeness (QED) is 0.716. The van der Waals surface area contributed by atoms with Crippen molar-refractivity contribution >= 4 is 11.9 Å². The number of amides is 3. The summed E-state index contributed by atoms with van der Waals surface area (Å²) in [5, 5.41) is 2.76. The standard InChI is InChI=1S/C21H34N6O3/c1-16-22-14-18(20(24-16)30-13-12-25(2)3)17-6-10-26(11-7-17)19(28)15-23-21(29)27-8-4-5-9-27/h14,17H,4-13,15H2,1-3H3,(H,23,29). The number of aryl methyl sites for hydroxylation is 1. The van der Waals surface area contributed by atoms with Gasteiger partial charge in [-0.2, -0.15) is 4.98 Å². The van der Waals surface area contributed by atoms with Crippen LogP contribution < -0.4 is 10.1 Å². The summed E-state index contributed by atoms with van der Waals surface area (Å²) in [6.45, 7) is 6.20. The number of rotatable bonds is 7. The second kappa shape index (κ2) is 10.6. The predicted molar refractivity (Wildman–Crippen MR) is 114 cm³/mol. The first kappa shape index (κ1) is 22.3. The van der Waals surface area contributed by atoms with E-state index in [9.17, 15) is 9.59 Å². The van der Waals surface area contributed by atoms with Gasteiger partial charge in [-0.15, -0.1) is 0 Å². The molecule has 3 heterocycles. The highest BCUT2D eigenvalue weighted by Crippen LogP contribution is 2.32. The number of likely N-dealkylation sites (N-methyl/N-ethyl adjacent to an activating group) is 1. The zero-order valence-corrected chi connectivity index (χ0v) is 18.4. The second-order valence-electron chi connectivity index (χ2n) is 8.34. The molecule has 0 radical (unpaired) electrons. The van der Waals surface area contributed by atoms with Crippen LogP contribution in [0, 0.1) is 6.92 Å². The van der Waals surface area contributed by atoms with Crippen molar-refractivity contribution in [2.75, 3.05) is 60.0 Å². The largest absolute Gasteiger partial charge is 0.476 e. The number of nitrogens with zero attached hydrogens (tertiary/aromatic N) is 5. The smallest absolute Gasteiger partial charge is 0.317 e. The molecule has 2 aliphatic rings. The van der Waals surface area contributed by atoms with E-state index in [1.807, 2.05) is 32.1 Å². The highest BCUT2D eigenvalue weighted by molar-refractivity contribution is 5.84. The van der Waals surface area contributed by atoms with E-state index in [4.69, 9.17) is 4.74 Å². The lowest BCUT2D eigenvalue weighted by molar-refractivity contribution is -0.131. The Morgan fingerprint density at radius 1 is 1.17 bits per heavy atom. The lowest BCUT2D eigenvalue weighted by atomic mass is 9.90. The van der Waals surface area contributed by atoms with Gasteiger partial charge in [0.1, 0.15) is 12.4 Å². The average molecular weight is 419 g/mol. The molecule has 0 atom stereocenters. The van der Waals surface area contributed by atoms with Crippen LogP contribution in [0.5, 0.6) is 5.88 Å². The summed E-state index contributed by atoms with van der Waals surface area (Å²) in [6.07, 6.45) is 5.62. The number of ether oxygens (including phenoxy) is 1. The van der Waals surface area contributed by atoms with Crippen LogP contribution in [-0.4, -0.2) is 96.6 Å². The molecule has 3 rings (SSSR count). The minimum absolute atomic E-state index is 0.0244. The lowest BCUT2D eigenvalue weighted by Crippen LogP contribution is -2.46. The van der Waals surface area contributed by atoms with Crippen molar-refractivity contribution in [1.29, 1.82) is 0 Å². The van der Waals surface area contributed by atoms with Gasteiger partial charge in [-0.05, 0) is 52.6 Å². The van der Waals surface area contributed by atoms with E-state index in [1.165, 1.54) is 0 Å². The molecule has 2 saturated heterocycles. The fourth-order valence-corrected chi connectivity index (χ4v) is 3.91. The molecule has 0 bridgehead atoms. The zero-order chi connectivity index (χ0) is 21.5. The van der Waals surface area contributed by atoms with E-state index in [-0.39, 0.29) is 24.4 Å². The summed E-state index contributed by atoms with van der Waals surface area (Å²) in [5.74, 6) is 1.60. The Balaban J connectivity index is 1.49. The molecule has 2 fully saturated rings. The molecule has 9 nitrogen and oxygen atoms in total. The van der Waals surface area contributed by atoms with Gasteiger partial charge in [0.15, 0.2) is 0 Å². The van der Waals surface area contributed by atoms with Gasteiger partial charge >= 0.3 is 6.03 Å². The van der Waals surface area contributed by atoms with Crippen molar-refractivity contribution in [1.82, 2.24) is 30.0 Å². The number of carbonyl (C=O) groups is 2. The number of piperidine rings is 1. The maximum absolute atomic E-state index is 12.5. The Labute approximate surface area is 178 Å². The third-order valence-electron chi connectivity index (χ3n) is 5.75. The number of hydrogen-bond donors (Lipinski definition) is 1. The van der Waals surface area contributed by atoms with Gasteiger partial charge in [0, 0.05) is 44.5 Å². The Hall–Kier alpha value is -2.42. The molecule has 9 heteroatoms. The Morgan fingerprint density at radius 2 is 1.87 bits per heavy atom. The topological polar surface area (TPSA) is 90.9 Å². The molecule has 3 amide bonds. The van der Waals surface area contributed by atoms with Crippen LogP contribution >= 0.6 is 0 Å². The molecule has 30 heavy (non-hydrogen) atoms. The van der Waals surface area contributed by atoms with Gasteiger partial charge in [0.05, 0.1) is 6.54 Å². The molecular formula is C21H34N6O3. The van der Waals surface area contributed by atoms with E-state index < -0.39 is 0 Å². The molecule has 0 saturated carbocycles. The normalized spacial score (nSPS) is 17.5. The number of nitrogens with one attached hydrogen (secondary N) is 1. The summed E-state index contributed by atoms with van der Waals surface area (Å²) >= 11 is 0. The number of urea groups is 1. The van der Waals surface area contributed by atoms with E-state index >= 15 is 0 Å². The fraction of sp³-hybridized carbons (Fsp3) is 0.714. The second-order valence-corrected chi connectivity index (χ2v) is 8.34. The van der Waals surface area contributed by atoms with Gasteiger partial charge in [-0.3, -0.25) is 4.79 Å². The van der Waals surface area contributed by atoms with Crippen molar-refractivity contribution in [2.45, 2.75) is 38.5 Å². The first-order valence-electron chi connectivity index (χ1n) is 10.9. The summed E-state index contributed by atoms with van der Waals surface area (Å²) in [6, 6.07) is -0.132. The van der Waals surface area contributed by atoms with Gasteiger partial charge in [0.2, 0.25) is 11.8 Å². The van der Waals surface area contributed by atoms with Crippen LogP contribution in [0.15, 0.2) is 6.20 Å². The van der Waals surface area contributed by atoms with Crippen LogP contribution in [-0.2, 0) is 4.79 Å². The molecule has 0 aromatic carbocycles. The SMILES string of the molecule is Cc1ncc(C2CCN(C(=O)CNC(=O)N3CCCC3)CC2)c(OCCN(C)C)n1. The fourth-order valence-electron chi connectivity index (χ4n) is 3.91. The summed E-state index contributed by atoms with van der Waals surface area (Å²) in [4.78, 5) is 39.1. The third-order valence-corrected chi connectivity index (χ3v) is 5.75. The zero-order valence-electron chi connectivity index (χ0n) is 18.4. The van der Waals surface area contributed by atoms with Gasteiger partial charge in [-0.25, -0.2) is 9.78 Å². The maximum atomic E-state index is 12.5. The Bertz CT molecular complexity index is 727. The maximum Gasteiger partial charge on any atom is 0.317 e. The minimum atomic E-state index is -0.132. The highest BCUT2D eigenvalue weighted by Gasteiger charge is 2.27. The molecule has 1 aromatic rings. The monoisotopic (exact) mass is 418 g/mol. The van der Waals surface area contributed by atoms with Gasteiger partial charge in [-0.1, -0.05) is 0 Å². The molecule has 2 aliphatic heterocycles. The van der Waals surface area contributed by atoms with E-state index in [1.54, 1.807) is 4.90 Å². The minimum Gasteiger partial charge on any atom is -0.476 e.